The lowest BCUT2D eigenvalue weighted by molar-refractivity contribution is 1.29. The summed E-state index contributed by atoms with van der Waals surface area (Å²) in [5.41, 5.74) is 5.63. The van der Waals surface area contributed by atoms with Gasteiger partial charge in [0.2, 0.25) is 0 Å². The normalized spacial score (nSPS) is 11.1. The van der Waals surface area contributed by atoms with Crippen molar-refractivity contribution in [1.82, 2.24) is 29.9 Å². The fourth-order valence-corrected chi connectivity index (χ4v) is 8.71. The van der Waals surface area contributed by atoms with Gasteiger partial charge in [0.15, 0.2) is 19.3 Å². The van der Waals surface area contributed by atoms with Crippen molar-refractivity contribution in [3.8, 4) is 0 Å². The molecule has 8 aromatic rings. The molecule has 0 aliphatic rings. The van der Waals surface area contributed by atoms with Crippen LogP contribution in [-0.4, -0.2) is 29.9 Å². The number of aryl methyl sites for hydroxylation is 1. The van der Waals surface area contributed by atoms with Gasteiger partial charge in [-0.1, -0.05) is 122 Å². The largest absolute Gasteiger partial charge is 0.291 e. The fourth-order valence-electron chi connectivity index (χ4n) is 3.78. The lowest BCUT2D eigenvalue weighted by atomic mass is 10.2. The predicted octanol–water partition coefficient (Wildman–Crippen LogP) is 10.5. The lowest BCUT2D eigenvalue weighted by Crippen LogP contribution is -1.87. The molecule has 0 spiro atoms. The Hall–Kier alpha value is -2.52. The number of aromatic nitrogens is 6. The molecular weight excluding hydrogens is 726 g/mol. The molecule has 0 saturated heterocycles. The average molecular weight is 739 g/mol. The summed E-state index contributed by atoms with van der Waals surface area (Å²) in [6.45, 7) is 2.02. The van der Waals surface area contributed by atoms with Crippen LogP contribution in [0.2, 0.25) is 20.1 Å². The molecule has 0 radical (unpaired) electrons. The van der Waals surface area contributed by atoms with Gasteiger partial charge in [0.1, 0.15) is 14.2 Å². The molecule has 0 aliphatic heterocycles. The van der Waals surface area contributed by atoms with E-state index in [1.54, 1.807) is 0 Å². The highest BCUT2D eigenvalue weighted by molar-refractivity contribution is 7.77. The zero-order valence-electron chi connectivity index (χ0n) is 21.3. The van der Waals surface area contributed by atoms with Gasteiger partial charge in [-0.05, 0) is 36.8 Å². The molecule has 43 heavy (non-hydrogen) atoms. The minimum Gasteiger partial charge on any atom is -0.265 e. The highest BCUT2D eigenvalue weighted by Gasteiger charge is 2.16. The molecule has 5 heterocycles. The summed E-state index contributed by atoms with van der Waals surface area (Å²) in [4.78, 5) is 40.4. The first-order valence-corrected chi connectivity index (χ1v) is 17.1. The van der Waals surface area contributed by atoms with E-state index in [9.17, 15) is 4.79 Å². The third kappa shape index (κ3) is 6.48. The summed E-state index contributed by atoms with van der Waals surface area (Å²) in [6.07, 6.45) is 3.02. The second kappa shape index (κ2) is 12.8. The monoisotopic (exact) mass is 736 g/mol. The van der Waals surface area contributed by atoms with Gasteiger partial charge in [-0.15, -0.1) is 0 Å². The summed E-state index contributed by atoms with van der Waals surface area (Å²) >= 11 is 34.0. The second-order valence-corrected chi connectivity index (χ2v) is 15.4. The van der Waals surface area contributed by atoms with Crippen LogP contribution < -0.4 is 4.06 Å². The number of para-hydroxylation sites is 2. The van der Waals surface area contributed by atoms with Crippen molar-refractivity contribution in [3.05, 3.63) is 92.5 Å². The predicted molar refractivity (Wildman–Crippen MR) is 187 cm³/mol. The Morgan fingerprint density at radius 2 is 1.05 bits per heavy atom. The van der Waals surface area contributed by atoms with Crippen LogP contribution in [0.15, 0.2) is 59.7 Å². The minimum atomic E-state index is 0.0528. The molecule has 5 aromatic heterocycles. The Labute approximate surface area is 283 Å². The molecule has 3 aromatic carbocycles. The molecule has 0 bridgehead atoms. The smallest absolute Gasteiger partial charge is 0.265 e. The number of hydrogen-bond acceptors (Lipinski definition) is 12. The van der Waals surface area contributed by atoms with Crippen LogP contribution in [0.5, 0.6) is 0 Å². The van der Waals surface area contributed by atoms with Gasteiger partial charge in [-0.3, -0.25) is 14.8 Å². The highest BCUT2D eigenvalue weighted by Crippen LogP contribution is 2.41. The van der Waals surface area contributed by atoms with Crippen LogP contribution in [0, 0.1) is 10.1 Å². The molecule has 7 nitrogen and oxygen atoms in total. The van der Waals surface area contributed by atoms with Crippen LogP contribution in [0.3, 0.4) is 0 Å². The zero-order chi connectivity index (χ0) is 30.2. The Balaban J connectivity index is 0.000000115. The standard InChI is InChI=1S/C10H6N2OS2.C9H4N2S3.C8H2Cl4N2/c1-5-2-3-6-7(4-5)12-9-8(11-6)14-10(13)15-9;12-9-13-7-8(14-9)11-6-4-2-1-3-5(6)10-7;9-3-4(10)6(12)8-7(5(3)11)13-1-2-14-8/h2-4H,1H3;1-4H;1-2H. The van der Waals surface area contributed by atoms with Crippen molar-refractivity contribution in [2.75, 3.05) is 0 Å². The number of halogens is 4. The number of nitrogens with zero attached hydrogens (tertiary/aromatic N) is 6. The van der Waals surface area contributed by atoms with Gasteiger partial charge >= 0.3 is 0 Å². The van der Waals surface area contributed by atoms with E-state index in [0.717, 1.165) is 72.8 Å². The van der Waals surface area contributed by atoms with E-state index in [0.29, 0.717) is 11.0 Å². The molecule has 0 N–H and O–H groups in total. The van der Waals surface area contributed by atoms with E-state index in [1.807, 2.05) is 49.4 Å². The summed E-state index contributed by atoms with van der Waals surface area (Å²) in [7, 11) is 0. The van der Waals surface area contributed by atoms with Crippen molar-refractivity contribution in [3.63, 3.8) is 0 Å². The van der Waals surface area contributed by atoms with Crippen molar-refractivity contribution in [1.29, 1.82) is 0 Å². The van der Waals surface area contributed by atoms with E-state index < -0.39 is 0 Å². The second-order valence-electron chi connectivity index (χ2n) is 8.57. The molecule has 214 valence electrons. The maximum absolute atomic E-state index is 11.2. The first-order chi connectivity index (χ1) is 20.7. The number of rotatable bonds is 0. The van der Waals surface area contributed by atoms with Crippen molar-refractivity contribution in [2.24, 2.45) is 0 Å². The van der Waals surface area contributed by atoms with Gasteiger partial charge in [0.25, 0.3) is 4.06 Å². The quantitative estimate of drug-likeness (QED) is 0.0862. The van der Waals surface area contributed by atoms with Gasteiger partial charge in [0, 0.05) is 12.4 Å². The van der Waals surface area contributed by atoms with E-state index in [2.05, 4.69) is 29.9 Å². The third-order valence-corrected chi connectivity index (χ3v) is 11.8. The molecule has 0 saturated carbocycles. The summed E-state index contributed by atoms with van der Waals surface area (Å²) in [5, 5.41) is 0.936. The number of benzene rings is 3. The van der Waals surface area contributed by atoms with E-state index in [1.165, 1.54) is 35.1 Å². The number of fused-ring (bicyclic) bond motifs is 5. The maximum atomic E-state index is 11.2. The molecule has 0 atom stereocenters. The van der Waals surface area contributed by atoms with Gasteiger partial charge in [-0.2, -0.15) is 0 Å². The third-order valence-electron chi connectivity index (χ3n) is 5.68. The van der Waals surface area contributed by atoms with Gasteiger partial charge in [-0.25, -0.2) is 19.9 Å². The van der Waals surface area contributed by atoms with Gasteiger partial charge < -0.3 is 0 Å². The van der Waals surface area contributed by atoms with Crippen molar-refractivity contribution < 1.29 is 0 Å². The van der Waals surface area contributed by atoms with E-state index in [4.69, 9.17) is 58.6 Å². The Morgan fingerprint density at radius 3 is 1.56 bits per heavy atom. The summed E-state index contributed by atoms with van der Waals surface area (Å²) in [5.74, 6) is 0. The zero-order valence-corrected chi connectivity index (χ0v) is 28.4. The van der Waals surface area contributed by atoms with E-state index >= 15 is 0 Å². The van der Waals surface area contributed by atoms with Crippen LogP contribution in [-0.2, 0) is 0 Å². The summed E-state index contributed by atoms with van der Waals surface area (Å²) in [6, 6.07) is 13.8. The van der Waals surface area contributed by atoms with Crippen LogP contribution in [0.1, 0.15) is 5.56 Å². The SMILES string of the molecule is Cc1ccc2nc3sc(=O)sc3nc2c1.Clc1c(Cl)c(Cl)c2nccnc2c1Cl.S=c1sc2nc3ccccc3nc2s1. The van der Waals surface area contributed by atoms with Crippen LogP contribution in [0.4, 0.5) is 0 Å². The first-order valence-electron chi connectivity index (χ1n) is 11.9. The Morgan fingerprint density at radius 1 is 0.605 bits per heavy atom. The van der Waals surface area contributed by atoms with Crippen molar-refractivity contribution >= 4 is 156 Å². The highest BCUT2D eigenvalue weighted by atomic mass is 35.5. The van der Waals surface area contributed by atoms with Crippen molar-refractivity contribution in [2.45, 2.75) is 6.92 Å². The van der Waals surface area contributed by atoms with E-state index in [-0.39, 0.29) is 24.1 Å². The number of hydrogen-bond donors (Lipinski definition) is 0. The first kappa shape index (κ1) is 30.5. The molecular formula is C27H12Cl4N6OS5. The maximum Gasteiger partial charge on any atom is 0.291 e. The molecule has 0 unspecified atom stereocenters. The lowest BCUT2D eigenvalue weighted by Gasteiger charge is -2.05. The minimum absolute atomic E-state index is 0.0528. The molecule has 0 aliphatic carbocycles. The Kier molecular flexibility index (Phi) is 9.11. The fraction of sp³-hybridized carbons (Fsp3) is 0.0370. The van der Waals surface area contributed by atoms with Gasteiger partial charge in [0.05, 0.1) is 42.2 Å². The molecule has 0 fully saturated rings. The molecule has 0 amide bonds. The molecule has 8 rings (SSSR count). The van der Waals surface area contributed by atoms with Crippen LogP contribution in [0.25, 0.3) is 52.4 Å². The topological polar surface area (TPSA) is 94.4 Å². The Bertz CT molecular complexity index is 2340. The summed E-state index contributed by atoms with van der Waals surface area (Å²) < 4.78 is 0.937. The average Bonchev–Trinajstić information content (AvgIpc) is 3.56. The molecule has 16 heteroatoms. The van der Waals surface area contributed by atoms with Crippen LogP contribution >= 0.6 is 104 Å².